The Hall–Kier alpha value is -1.61. The van der Waals surface area contributed by atoms with E-state index in [1.54, 1.807) is 18.4 Å². The number of nitrogens with one attached hydrogen (secondary N) is 2. The molecule has 1 saturated heterocycles. The van der Waals surface area contributed by atoms with Gasteiger partial charge in [0.05, 0.1) is 6.54 Å². The Kier molecular flexibility index (Phi) is 8.37. The van der Waals surface area contributed by atoms with Gasteiger partial charge in [-0.2, -0.15) is 0 Å². The van der Waals surface area contributed by atoms with Gasteiger partial charge in [0.15, 0.2) is 5.96 Å². The number of likely N-dealkylation sites (tertiary alicyclic amines) is 1. The van der Waals surface area contributed by atoms with Gasteiger partial charge in [0, 0.05) is 38.0 Å². The van der Waals surface area contributed by atoms with Crippen LogP contribution in [0.2, 0.25) is 0 Å². The standard InChI is InChI=1S/C19H24N4OS.HI/c1-20-19(22-13-17-4-3-11-25-17)21-12-15-6-8-16(9-7-15)14-23-10-2-5-18(23)24;/h3-4,6-9,11H,2,5,10,12-14H2,1H3,(H2,20,21,22);1H. The van der Waals surface area contributed by atoms with E-state index in [9.17, 15) is 4.79 Å². The number of rotatable bonds is 6. The second kappa shape index (κ2) is 10.5. The van der Waals surface area contributed by atoms with Crippen LogP contribution in [0.5, 0.6) is 0 Å². The minimum Gasteiger partial charge on any atom is -0.352 e. The largest absolute Gasteiger partial charge is 0.352 e. The molecule has 0 atom stereocenters. The van der Waals surface area contributed by atoms with Crippen molar-refractivity contribution in [1.82, 2.24) is 15.5 Å². The van der Waals surface area contributed by atoms with Crippen molar-refractivity contribution >= 4 is 47.2 Å². The number of benzene rings is 1. The van der Waals surface area contributed by atoms with Crippen molar-refractivity contribution in [3.05, 3.63) is 57.8 Å². The summed E-state index contributed by atoms with van der Waals surface area (Å²) in [5.74, 6) is 1.06. The summed E-state index contributed by atoms with van der Waals surface area (Å²) in [6.07, 6.45) is 1.68. The van der Waals surface area contributed by atoms with Gasteiger partial charge in [-0.15, -0.1) is 35.3 Å². The molecule has 1 aromatic carbocycles. The lowest BCUT2D eigenvalue weighted by Gasteiger charge is -2.16. The molecule has 0 aliphatic carbocycles. The van der Waals surface area contributed by atoms with Gasteiger partial charge in [-0.1, -0.05) is 30.3 Å². The molecular formula is C19H25IN4OS. The summed E-state index contributed by atoms with van der Waals surface area (Å²) in [5.41, 5.74) is 2.37. The number of nitrogens with zero attached hydrogens (tertiary/aromatic N) is 2. The van der Waals surface area contributed by atoms with E-state index in [4.69, 9.17) is 0 Å². The van der Waals surface area contributed by atoms with Gasteiger partial charge in [0.2, 0.25) is 5.91 Å². The molecule has 0 bridgehead atoms. The highest BCUT2D eigenvalue weighted by Crippen LogP contribution is 2.14. The lowest BCUT2D eigenvalue weighted by molar-refractivity contribution is -0.128. The first-order chi connectivity index (χ1) is 12.2. The third kappa shape index (κ3) is 5.98. The first-order valence-electron chi connectivity index (χ1n) is 8.57. The van der Waals surface area contributed by atoms with E-state index < -0.39 is 0 Å². The van der Waals surface area contributed by atoms with Gasteiger partial charge in [0.25, 0.3) is 0 Å². The van der Waals surface area contributed by atoms with Gasteiger partial charge in [0.1, 0.15) is 0 Å². The second-order valence-corrected chi connectivity index (χ2v) is 7.13. The zero-order valence-corrected chi connectivity index (χ0v) is 18.1. The Morgan fingerprint density at radius 3 is 2.50 bits per heavy atom. The highest BCUT2D eigenvalue weighted by atomic mass is 127. The molecule has 1 aromatic heterocycles. The first kappa shape index (κ1) is 20.7. The second-order valence-electron chi connectivity index (χ2n) is 6.09. The summed E-state index contributed by atoms with van der Waals surface area (Å²) in [4.78, 5) is 19.2. The van der Waals surface area contributed by atoms with E-state index in [0.29, 0.717) is 13.0 Å². The van der Waals surface area contributed by atoms with Crippen molar-refractivity contribution in [2.45, 2.75) is 32.5 Å². The summed E-state index contributed by atoms with van der Waals surface area (Å²) >= 11 is 1.73. The van der Waals surface area contributed by atoms with Crippen LogP contribution in [0.15, 0.2) is 46.8 Å². The minimum atomic E-state index is 0. The molecule has 140 valence electrons. The number of hydrogen-bond acceptors (Lipinski definition) is 3. The van der Waals surface area contributed by atoms with E-state index in [-0.39, 0.29) is 29.9 Å². The Balaban J connectivity index is 0.00000243. The zero-order chi connectivity index (χ0) is 17.5. The van der Waals surface area contributed by atoms with Crippen LogP contribution in [-0.2, 0) is 24.4 Å². The van der Waals surface area contributed by atoms with Gasteiger partial charge in [-0.25, -0.2) is 0 Å². The van der Waals surface area contributed by atoms with Gasteiger partial charge >= 0.3 is 0 Å². The fourth-order valence-electron chi connectivity index (χ4n) is 2.84. The molecule has 0 spiro atoms. The molecule has 7 heteroatoms. The molecule has 2 N–H and O–H groups in total. The van der Waals surface area contributed by atoms with Crippen LogP contribution in [0, 0.1) is 0 Å². The molecule has 0 radical (unpaired) electrons. The summed E-state index contributed by atoms with van der Waals surface area (Å²) in [5, 5.41) is 8.71. The SMILES string of the molecule is CN=C(NCc1ccc(CN2CCCC2=O)cc1)NCc1cccs1.I. The maximum absolute atomic E-state index is 11.7. The van der Waals surface area contributed by atoms with Crippen molar-refractivity contribution < 1.29 is 4.79 Å². The lowest BCUT2D eigenvalue weighted by atomic mass is 10.1. The molecule has 26 heavy (non-hydrogen) atoms. The van der Waals surface area contributed by atoms with Gasteiger partial charge in [-0.3, -0.25) is 9.79 Å². The lowest BCUT2D eigenvalue weighted by Crippen LogP contribution is -2.36. The number of carbonyl (C=O) groups excluding carboxylic acids is 1. The molecule has 3 rings (SSSR count). The average molecular weight is 484 g/mol. The number of aliphatic imine (C=N–C) groups is 1. The first-order valence-corrected chi connectivity index (χ1v) is 9.45. The van der Waals surface area contributed by atoms with Crippen LogP contribution in [0.4, 0.5) is 0 Å². The average Bonchev–Trinajstić information content (AvgIpc) is 3.29. The molecule has 0 unspecified atom stereocenters. The number of carbonyl (C=O) groups is 1. The molecule has 5 nitrogen and oxygen atoms in total. The number of hydrogen-bond donors (Lipinski definition) is 2. The predicted molar refractivity (Wildman–Crippen MR) is 118 cm³/mol. The fourth-order valence-corrected chi connectivity index (χ4v) is 3.49. The number of amides is 1. The van der Waals surface area contributed by atoms with Crippen molar-refractivity contribution in [1.29, 1.82) is 0 Å². The van der Waals surface area contributed by atoms with E-state index in [0.717, 1.165) is 32.0 Å². The summed E-state index contributed by atoms with van der Waals surface area (Å²) in [6.45, 7) is 3.10. The highest BCUT2D eigenvalue weighted by Gasteiger charge is 2.19. The molecule has 2 aromatic rings. The molecule has 0 saturated carbocycles. The van der Waals surface area contributed by atoms with Crippen molar-refractivity contribution in [2.24, 2.45) is 4.99 Å². The van der Waals surface area contributed by atoms with E-state index in [1.165, 1.54) is 16.0 Å². The maximum atomic E-state index is 11.7. The third-order valence-corrected chi connectivity index (χ3v) is 5.14. The van der Waals surface area contributed by atoms with E-state index in [2.05, 4.69) is 57.4 Å². The maximum Gasteiger partial charge on any atom is 0.222 e. The summed E-state index contributed by atoms with van der Waals surface area (Å²) in [7, 11) is 1.78. The molecule has 2 heterocycles. The van der Waals surface area contributed by atoms with Crippen LogP contribution in [0.1, 0.15) is 28.8 Å². The van der Waals surface area contributed by atoms with Gasteiger partial charge in [-0.05, 0) is 29.0 Å². The predicted octanol–water partition coefficient (Wildman–Crippen LogP) is 3.35. The summed E-state index contributed by atoms with van der Waals surface area (Å²) in [6, 6.07) is 12.6. The molecule has 1 amide bonds. The smallest absolute Gasteiger partial charge is 0.222 e. The van der Waals surface area contributed by atoms with Crippen molar-refractivity contribution in [3.63, 3.8) is 0 Å². The third-order valence-electron chi connectivity index (χ3n) is 4.26. The number of halogens is 1. The highest BCUT2D eigenvalue weighted by molar-refractivity contribution is 14.0. The monoisotopic (exact) mass is 484 g/mol. The van der Waals surface area contributed by atoms with Crippen molar-refractivity contribution in [2.75, 3.05) is 13.6 Å². The molecular weight excluding hydrogens is 459 g/mol. The fraction of sp³-hybridized carbons (Fsp3) is 0.368. The number of thiophene rings is 1. The van der Waals surface area contributed by atoms with Crippen LogP contribution in [0.3, 0.4) is 0 Å². The molecule has 1 aliphatic heterocycles. The Bertz CT molecular complexity index is 716. The van der Waals surface area contributed by atoms with E-state index in [1.807, 2.05) is 4.90 Å². The number of guanidine groups is 1. The topological polar surface area (TPSA) is 56.7 Å². The van der Waals surface area contributed by atoms with E-state index >= 15 is 0 Å². The van der Waals surface area contributed by atoms with Crippen LogP contribution in [-0.4, -0.2) is 30.4 Å². The zero-order valence-electron chi connectivity index (χ0n) is 14.9. The molecule has 1 fully saturated rings. The van der Waals surface area contributed by atoms with Crippen LogP contribution >= 0.6 is 35.3 Å². The minimum absolute atomic E-state index is 0. The molecule has 1 aliphatic rings. The quantitative estimate of drug-likeness (QED) is 0.376. The Morgan fingerprint density at radius 2 is 1.88 bits per heavy atom. The Labute approximate surface area is 175 Å². The van der Waals surface area contributed by atoms with Crippen molar-refractivity contribution in [3.8, 4) is 0 Å². The Morgan fingerprint density at radius 1 is 1.15 bits per heavy atom. The van der Waals surface area contributed by atoms with Crippen LogP contribution in [0.25, 0.3) is 0 Å². The van der Waals surface area contributed by atoms with Gasteiger partial charge < -0.3 is 15.5 Å². The summed E-state index contributed by atoms with van der Waals surface area (Å²) < 4.78 is 0. The normalized spacial score (nSPS) is 14.3. The van der Waals surface area contributed by atoms with Crippen LogP contribution < -0.4 is 10.6 Å².